The van der Waals surface area contributed by atoms with Crippen LogP contribution in [-0.2, 0) is 4.79 Å². The maximum atomic E-state index is 12.5. The van der Waals surface area contributed by atoms with Crippen molar-refractivity contribution in [2.75, 3.05) is 26.2 Å². The van der Waals surface area contributed by atoms with Crippen LogP contribution in [0.3, 0.4) is 0 Å². The fourth-order valence-electron chi connectivity index (χ4n) is 4.24. The normalized spacial score (nSPS) is 27.7. The van der Waals surface area contributed by atoms with Crippen molar-refractivity contribution in [2.24, 2.45) is 5.92 Å². The third-order valence-corrected chi connectivity index (χ3v) is 6.12. The van der Waals surface area contributed by atoms with Crippen molar-refractivity contribution in [3.05, 3.63) is 17.5 Å². The number of hydrogen-bond donors (Lipinski definition) is 1. The van der Waals surface area contributed by atoms with Gasteiger partial charge in [-0.2, -0.15) is 0 Å². The molecule has 0 aromatic carbocycles. The van der Waals surface area contributed by atoms with Crippen molar-refractivity contribution in [2.45, 2.75) is 57.5 Å². The first-order valence-corrected chi connectivity index (χ1v) is 9.78. The molecule has 3 fully saturated rings. The van der Waals surface area contributed by atoms with E-state index in [1.807, 2.05) is 4.90 Å². The number of amides is 2. The Hall–Kier alpha value is -1.89. The van der Waals surface area contributed by atoms with E-state index in [9.17, 15) is 9.59 Å². The Morgan fingerprint density at radius 1 is 1.19 bits per heavy atom. The quantitative estimate of drug-likeness (QED) is 0.883. The van der Waals surface area contributed by atoms with E-state index in [1.165, 1.54) is 0 Å². The van der Waals surface area contributed by atoms with Gasteiger partial charge in [-0.05, 0) is 31.6 Å². The third-order valence-electron chi connectivity index (χ3n) is 6.12. The van der Waals surface area contributed by atoms with E-state index in [-0.39, 0.29) is 17.9 Å². The van der Waals surface area contributed by atoms with Gasteiger partial charge in [-0.1, -0.05) is 12.1 Å². The summed E-state index contributed by atoms with van der Waals surface area (Å²) in [5.41, 5.74) is 0.396. The number of nitrogens with one attached hydrogen (secondary N) is 1. The van der Waals surface area contributed by atoms with Gasteiger partial charge >= 0.3 is 0 Å². The van der Waals surface area contributed by atoms with Crippen molar-refractivity contribution in [3.8, 4) is 0 Å². The molecule has 7 heteroatoms. The molecule has 4 rings (SSSR count). The van der Waals surface area contributed by atoms with Crippen LogP contribution in [0.25, 0.3) is 0 Å². The minimum absolute atomic E-state index is 0.134. The second kappa shape index (κ2) is 7.02. The molecule has 26 heavy (non-hydrogen) atoms. The smallest absolute Gasteiger partial charge is 0.273 e. The summed E-state index contributed by atoms with van der Waals surface area (Å²) >= 11 is 0. The Balaban J connectivity index is 1.30. The fraction of sp³-hybridized carbons (Fsp3) is 0.737. The number of carbonyl (C=O) groups excluding carboxylic acids is 2. The molecular weight excluding hydrogens is 332 g/mol. The molecule has 0 spiro atoms. The summed E-state index contributed by atoms with van der Waals surface area (Å²) in [7, 11) is 0. The first-order chi connectivity index (χ1) is 12.5. The lowest BCUT2D eigenvalue weighted by Gasteiger charge is -2.36. The molecule has 1 aliphatic carbocycles. The van der Waals surface area contributed by atoms with Gasteiger partial charge in [0.25, 0.3) is 5.91 Å². The summed E-state index contributed by atoms with van der Waals surface area (Å²) < 4.78 is 5.29. The van der Waals surface area contributed by atoms with E-state index in [1.54, 1.807) is 13.0 Å². The average molecular weight is 360 g/mol. The summed E-state index contributed by atoms with van der Waals surface area (Å²) in [5.74, 6) is 1.74. The minimum Gasteiger partial charge on any atom is -0.360 e. The van der Waals surface area contributed by atoms with Crippen LogP contribution in [-0.4, -0.2) is 65.0 Å². The van der Waals surface area contributed by atoms with Gasteiger partial charge in [0, 0.05) is 57.2 Å². The Labute approximate surface area is 154 Å². The SMILES string of the molecule is CC(=O)N1CCC(N2C[C@H](C)[C@H](NC(=O)c3cc(C4CC4)on3)C2)CC1. The van der Waals surface area contributed by atoms with Crippen molar-refractivity contribution in [1.82, 2.24) is 20.3 Å². The Kier molecular flexibility index (Phi) is 4.73. The molecule has 1 N–H and O–H groups in total. The molecule has 0 bridgehead atoms. The number of nitrogens with zero attached hydrogens (tertiary/aromatic N) is 3. The standard InChI is InChI=1S/C19H28N4O3/c1-12-10-23(15-5-7-22(8-6-15)13(2)24)11-17(12)20-19(25)16-9-18(26-21-16)14-3-4-14/h9,12,14-15,17H,3-8,10-11H2,1-2H3,(H,20,25)/t12-,17+/m0/s1. The largest absolute Gasteiger partial charge is 0.360 e. The molecule has 7 nitrogen and oxygen atoms in total. The summed E-state index contributed by atoms with van der Waals surface area (Å²) in [6, 6.07) is 2.43. The number of piperidine rings is 1. The highest BCUT2D eigenvalue weighted by Gasteiger charge is 2.36. The number of hydrogen-bond acceptors (Lipinski definition) is 5. The van der Waals surface area contributed by atoms with Crippen molar-refractivity contribution >= 4 is 11.8 Å². The van der Waals surface area contributed by atoms with Gasteiger partial charge in [-0.25, -0.2) is 0 Å². The third kappa shape index (κ3) is 3.63. The second-order valence-corrected chi connectivity index (χ2v) is 8.14. The zero-order valence-electron chi connectivity index (χ0n) is 15.6. The summed E-state index contributed by atoms with van der Waals surface area (Å²) in [5, 5.41) is 7.09. The zero-order chi connectivity index (χ0) is 18.3. The lowest BCUT2D eigenvalue weighted by molar-refractivity contribution is -0.130. The topological polar surface area (TPSA) is 78.7 Å². The highest BCUT2D eigenvalue weighted by Crippen LogP contribution is 2.40. The van der Waals surface area contributed by atoms with Crippen molar-refractivity contribution in [1.29, 1.82) is 0 Å². The monoisotopic (exact) mass is 360 g/mol. The summed E-state index contributed by atoms with van der Waals surface area (Å²) in [6.07, 6.45) is 4.29. The number of rotatable bonds is 4. The molecular formula is C19H28N4O3. The molecule has 3 aliphatic rings. The van der Waals surface area contributed by atoms with Crippen LogP contribution in [0.15, 0.2) is 10.6 Å². The van der Waals surface area contributed by atoms with Crippen LogP contribution >= 0.6 is 0 Å². The van der Waals surface area contributed by atoms with Gasteiger partial charge in [0.1, 0.15) is 5.76 Å². The molecule has 2 saturated heterocycles. The Morgan fingerprint density at radius 2 is 1.92 bits per heavy atom. The summed E-state index contributed by atoms with van der Waals surface area (Å²) in [6.45, 7) is 7.36. The molecule has 2 aliphatic heterocycles. The lowest BCUT2D eigenvalue weighted by Crippen LogP contribution is -2.46. The van der Waals surface area contributed by atoms with Crippen LogP contribution < -0.4 is 5.32 Å². The van der Waals surface area contributed by atoms with E-state index in [0.29, 0.717) is 23.6 Å². The van der Waals surface area contributed by atoms with Gasteiger partial charge in [0.05, 0.1) is 0 Å². The minimum atomic E-state index is -0.134. The van der Waals surface area contributed by atoms with Gasteiger partial charge in [0.15, 0.2) is 5.69 Å². The average Bonchev–Trinajstić information content (AvgIpc) is 3.25. The zero-order valence-corrected chi connectivity index (χ0v) is 15.6. The molecule has 0 unspecified atom stereocenters. The number of carbonyl (C=O) groups is 2. The lowest BCUT2D eigenvalue weighted by atomic mass is 10.0. The maximum Gasteiger partial charge on any atom is 0.273 e. The predicted octanol–water partition coefficient (Wildman–Crippen LogP) is 1.61. The van der Waals surface area contributed by atoms with E-state index in [4.69, 9.17) is 4.52 Å². The molecule has 1 saturated carbocycles. The first-order valence-electron chi connectivity index (χ1n) is 9.78. The maximum absolute atomic E-state index is 12.5. The van der Waals surface area contributed by atoms with E-state index in [2.05, 4.69) is 22.3 Å². The van der Waals surface area contributed by atoms with Crippen molar-refractivity contribution < 1.29 is 14.1 Å². The van der Waals surface area contributed by atoms with Gasteiger partial charge in [-0.15, -0.1) is 0 Å². The molecule has 142 valence electrons. The molecule has 3 heterocycles. The Morgan fingerprint density at radius 3 is 2.58 bits per heavy atom. The van der Waals surface area contributed by atoms with Crippen LogP contribution in [0.2, 0.25) is 0 Å². The molecule has 2 amide bonds. The van der Waals surface area contributed by atoms with Gasteiger partial charge < -0.3 is 14.7 Å². The van der Waals surface area contributed by atoms with Gasteiger partial charge in [0.2, 0.25) is 5.91 Å². The van der Waals surface area contributed by atoms with Gasteiger partial charge in [-0.3, -0.25) is 14.5 Å². The number of aromatic nitrogens is 1. The van der Waals surface area contributed by atoms with Crippen LogP contribution in [0.4, 0.5) is 0 Å². The van der Waals surface area contributed by atoms with E-state index in [0.717, 1.165) is 57.6 Å². The fourth-order valence-corrected chi connectivity index (χ4v) is 4.24. The molecule has 2 atom stereocenters. The van der Waals surface area contributed by atoms with Crippen LogP contribution in [0, 0.1) is 5.92 Å². The van der Waals surface area contributed by atoms with E-state index < -0.39 is 0 Å². The summed E-state index contributed by atoms with van der Waals surface area (Å²) in [4.78, 5) is 28.4. The van der Waals surface area contributed by atoms with Crippen LogP contribution in [0.1, 0.15) is 61.7 Å². The molecule has 1 aromatic heterocycles. The molecule has 0 radical (unpaired) electrons. The predicted molar refractivity (Wildman–Crippen MR) is 95.7 cm³/mol. The first kappa shape index (κ1) is 17.5. The second-order valence-electron chi connectivity index (χ2n) is 8.14. The highest BCUT2D eigenvalue weighted by atomic mass is 16.5. The highest BCUT2D eigenvalue weighted by molar-refractivity contribution is 5.92. The molecule has 1 aromatic rings. The Bertz CT molecular complexity index is 676. The number of likely N-dealkylation sites (tertiary alicyclic amines) is 2. The van der Waals surface area contributed by atoms with Crippen molar-refractivity contribution in [3.63, 3.8) is 0 Å². The van der Waals surface area contributed by atoms with Crippen LogP contribution in [0.5, 0.6) is 0 Å². The van der Waals surface area contributed by atoms with E-state index >= 15 is 0 Å².